The zero-order chi connectivity index (χ0) is 31.3. The highest BCUT2D eigenvalue weighted by Crippen LogP contribution is 2.61. The Bertz CT molecular complexity index is 2340. The van der Waals surface area contributed by atoms with Gasteiger partial charge in [0.2, 0.25) is 0 Å². The Morgan fingerprint density at radius 3 is 2.23 bits per heavy atom. The first-order valence-electron chi connectivity index (χ1n) is 16.8. The Balaban J connectivity index is 1.21. The Morgan fingerprint density at radius 2 is 1.36 bits per heavy atom. The molecule has 2 aliphatic heterocycles. The molecule has 0 amide bonds. The van der Waals surface area contributed by atoms with E-state index in [2.05, 4.69) is 180 Å². The average Bonchev–Trinajstić information content (AvgIpc) is 3.73. The van der Waals surface area contributed by atoms with Gasteiger partial charge in [-0.2, -0.15) is 0 Å². The van der Waals surface area contributed by atoms with E-state index >= 15 is 0 Å². The van der Waals surface area contributed by atoms with Crippen LogP contribution in [-0.2, 0) is 0 Å². The predicted octanol–water partition coefficient (Wildman–Crippen LogP) is 11.1. The van der Waals surface area contributed by atoms with Gasteiger partial charge in [-0.05, 0) is 90.6 Å². The number of allylic oxidation sites excluding steroid dienone is 3. The first kappa shape index (κ1) is 26.7. The zero-order valence-electron chi connectivity index (χ0n) is 26.6. The maximum atomic E-state index is 2.63. The molecule has 10 rings (SSSR count). The van der Waals surface area contributed by atoms with Crippen LogP contribution >= 0.6 is 0 Å². The predicted molar refractivity (Wildman–Crippen MR) is 197 cm³/mol. The third-order valence-electron chi connectivity index (χ3n) is 11.0. The van der Waals surface area contributed by atoms with Crippen LogP contribution in [0.5, 0.6) is 0 Å². The summed E-state index contributed by atoms with van der Waals surface area (Å²) in [5, 5.41) is 1.36. The molecule has 0 N–H and O–H groups in total. The Kier molecular flexibility index (Phi) is 5.52. The lowest BCUT2D eigenvalue weighted by atomic mass is 9.75. The van der Waals surface area contributed by atoms with Gasteiger partial charge in [0.05, 0.1) is 17.1 Å². The summed E-state index contributed by atoms with van der Waals surface area (Å²) in [5.41, 5.74) is 15.1. The van der Waals surface area contributed by atoms with Crippen LogP contribution < -0.4 is 9.80 Å². The molecular weight excluding hydrogens is 571 g/mol. The fourth-order valence-electron chi connectivity index (χ4n) is 9.13. The minimum atomic E-state index is -0.381. The third kappa shape index (κ3) is 3.52. The average molecular weight is 606 g/mol. The maximum absolute atomic E-state index is 2.63. The Morgan fingerprint density at radius 1 is 0.660 bits per heavy atom. The zero-order valence-corrected chi connectivity index (χ0v) is 26.6. The highest BCUT2D eigenvalue weighted by Gasteiger charge is 2.57. The molecule has 3 heteroatoms. The first-order valence-corrected chi connectivity index (χ1v) is 16.8. The number of fused-ring (bicyclic) bond motifs is 10. The van der Waals surface area contributed by atoms with E-state index in [1.165, 1.54) is 72.9 Å². The lowest BCUT2D eigenvalue weighted by molar-refractivity contribution is 0.542. The fraction of sp³-hybridized carbons (Fsp3) is 0.136. The molecule has 1 aromatic heterocycles. The van der Waals surface area contributed by atoms with E-state index in [4.69, 9.17) is 0 Å². The Labute approximate surface area is 276 Å². The normalized spacial score (nSPS) is 21.9. The molecule has 47 heavy (non-hydrogen) atoms. The van der Waals surface area contributed by atoms with Gasteiger partial charge in [-0.15, -0.1) is 0 Å². The molecule has 0 bridgehead atoms. The molecule has 5 aromatic carbocycles. The van der Waals surface area contributed by atoms with Gasteiger partial charge in [0.15, 0.2) is 0 Å². The van der Waals surface area contributed by atoms with Crippen LogP contribution in [0.3, 0.4) is 0 Å². The van der Waals surface area contributed by atoms with Gasteiger partial charge in [0.25, 0.3) is 0 Å². The summed E-state index contributed by atoms with van der Waals surface area (Å²) >= 11 is 0. The van der Waals surface area contributed by atoms with E-state index in [1.807, 2.05) is 0 Å². The number of hydrogen-bond donors (Lipinski definition) is 0. The quantitative estimate of drug-likeness (QED) is 0.199. The SMILES string of the molecule is CC1CC=Cc2c1c1ccccc1n2-c1cccc(N2c3ccccc3C3=CC=C4c5ccccc5N(c5ccccc5)C4C32C)c1. The highest BCUT2D eigenvalue weighted by atomic mass is 15.3. The van der Waals surface area contributed by atoms with Crippen molar-refractivity contribution >= 4 is 50.9 Å². The van der Waals surface area contributed by atoms with Crippen LogP contribution in [-0.4, -0.2) is 16.1 Å². The van der Waals surface area contributed by atoms with E-state index in [-0.39, 0.29) is 11.6 Å². The fourth-order valence-corrected chi connectivity index (χ4v) is 9.13. The van der Waals surface area contributed by atoms with Gasteiger partial charge in [0.1, 0.15) is 0 Å². The largest absolute Gasteiger partial charge is 0.331 e. The summed E-state index contributed by atoms with van der Waals surface area (Å²) in [6.07, 6.45) is 10.5. The second kappa shape index (κ2) is 9.73. The third-order valence-corrected chi connectivity index (χ3v) is 11.0. The van der Waals surface area contributed by atoms with E-state index in [0.29, 0.717) is 5.92 Å². The minimum Gasteiger partial charge on any atom is -0.331 e. The van der Waals surface area contributed by atoms with Crippen molar-refractivity contribution in [1.82, 2.24) is 4.57 Å². The lowest BCUT2D eigenvalue weighted by Crippen LogP contribution is -2.56. The molecule has 0 radical (unpaired) electrons. The molecule has 0 spiro atoms. The standard InChI is InChI=1S/C44H35N3/c1-29-14-12-25-41-42(29)36-21-8-10-23-39(36)45(41)31-17-13-18-32(28-31)47-40-24-11-7-20-35(40)37-27-26-34-33-19-6-9-22-38(33)46(43(34)44(37,47)2)30-15-4-3-5-16-30/h3-13,15-29,43H,14H2,1-2H3. The number of anilines is 4. The topological polar surface area (TPSA) is 11.4 Å². The van der Waals surface area contributed by atoms with Crippen molar-refractivity contribution in [3.05, 3.63) is 168 Å². The lowest BCUT2D eigenvalue weighted by Gasteiger charge is -2.48. The van der Waals surface area contributed by atoms with Crippen molar-refractivity contribution in [2.45, 2.75) is 37.8 Å². The Hall–Kier alpha value is -5.54. The van der Waals surface area contributed by atoms with Crippen molar-refractivity contribution in [3.63, 3.8) is 0 Å². The summed E-state index contributed by atoms with van der Waals surface area (Å²) in [7, 11) is 0. The molecule has 4 aliphatic rings. The van der Waals surface area contributed by atoms with E-state index < -0.39 is 0 Å². The second-order valence-corrected chi connectivity index (χ2v) is 13.5. The molecule has 0 saturated carbocycles. The minimum absolute atomic E-state index is 0.0716. The van der Waals surface area contributed by atoms with Gasteiger partial charge >= 0.3 is 0 Å². The van der Waals surface area contributed by atoms with Crippen molar-refractivity contribution in [1.29, 1.82) is 0 Å². The molecule has 226 valence electrons. The summed E-state index contributed by atoms with van der Waals surface area (Å²) in [5.74, 6) is 0.488. The number of rotatable bonds is 3. The van der Waals surface area contributed by atoms with E-state index in [1.54, 1.807) is 0 Å². The summed E-state index contributed by atoms with van der Waals surface area (Å²) < 4.78 is 2.48. The summed E-state index contributed by atoms with van der Waals surface area (Å²) in [6.45, 7) is 4.82. The van der Waals surface area contributed by atoms with Crippen LogP contribution in [0.4, 0.5) is 22.7 Å². The van der Waals surface area contributed by atoms with E-state index in [9.17, 15) is 0 Å². The number of aromatic nitrogens is 1. The molecule has 6 aromatic rings. The summed E-state index contributed by atoms with van der Waals surface area (Å²) in [4.78, 5) is 5.21. The van der Waals surface area contributed by atoms with Gasteiger partial charge in [0, 0.05) is 50.6 Å². The van der Waals surface area contributed by atoms with Gasteiger partial charge < -0.3 is 14.4 Å². The van der Waals surface area contributed by atoms with Gasteiger partial charge in [-0.1, -0.05) is 104 Å². The second-order valence-electron chi connectivity index (χ2n) is 13.5. The molecule has 0 fully saturated rings. The molecule has 3 nitrogen and oxygen atoms in total. The van der Waals surface area contributed by atoms with Crippen molar-refractivity contribution < 1.29 is 0 Å². The number of hydrogen-bond acceptors (Lipinski definition) is 2. The smallest absolute Gasteiger partial charge is 0.0929 e. The van der Waals surface area contributed by atoms with Crippen LogP contribution in [0, 0.1) is 0 Å². The maximum Gasteiger partial charge on any atom is 0.0929 e. The van der Waals surface area contributed by atoms with Crippen LogP contribution in [0.2, 0.25) is 0 Å². The number of benzene rings is 5. The van der Waals surface area contributed by atoms with Crippen molar-refractivity contribution in [3.8, 4) is 5.69 Å². The number of nitrogens with zero attached hydrogens (tertiary/aromatic N) is 3. The molecule has 3 atom stereocenters. The van der Waals surface area contributed by atoms with Crippen molar-refractivity contribution in [2.75, 3.05) is 9.80 Å². The first-order chi connectivity index (χ1) is 23.1. The molecule has 3 heterocycles. The molecule has 2 aliphatic carbocycles. The molecule has 0 saturated heterocycles. The van der Waals surface area contributed by atoms with Gasteiger partial charge in [-0.3, -0.25) is 0 Å². The van der Waals surface area contributed by atoms with Crippen LogP contribution in [0.15, 0.2) is 146 Å². The molecule has 3 unspecified atom stereocenters. The monoisotopic (exact) mass is 605 g/mol. The van der Waals surface area contributed by atoms with Crippen LogP contribution in [0.25, 0.3) is 33.8 Å². The van der Waals surface area contributed by atoms with Crippen molar-refractivity contribution in [2.24, 2.45) is 0 Å². The van der Waals surface area contributed by atoms with Crippen LogP contribution in [0.1, 0.15) is 48.6 Å². The van der Waals surface area contributed by atoms with E-state index in [0.717, 1.165) is 6.42 Å². The number of para-hydroxylation sites is 4. The summed E-state index contributed by atoms with van der Waals surface area (Å²) in [6, 6.07) is 47.1. The molecular formula is C44H35N3. The van der Waals surface area contributed by atoms with Gasteiger partial charge in [-0.25, -0.2) is 0 Å². The highest BCUT2D eigenvalue weighted by molar-refractivity contribution is 6.06.